The van der Waals surface area contributed by atoms with Crippen LogP contribution in [0.4, 0.5) is 0 Å². The maximum Gasteiger partial charge on any atom is 0 e. The molecule has 0 atom stereocenters. The largest absolute Gasteiger partial charge is 0 e. The van der Waals surface area contributed by atoms with Gasteiger partial charge in [0.15, 0.2) is 0 Å². The molecule has 1 amide bonds. The number of rotatable bonds is 3. The molecule has 0 saturated carbocycles. The summed E-state index contributed by atoms with van der Waals surface area (Å²) in [6.45, 7) is 0. The van der Waals surface area contributed by atoms with Gasteiger partial charge in [-0.25, -0.2) is 0 Å². The summed E-state index contributed by atoms with van der Waals surface area (Å²) in [5.74, 6) is -0.521. The molecule has 0 aromatic rings. The molecule has 0 aliphatic carbocycles. The summed E-state index contributed by atoms with van der Waals surface area (Å²) in [4.78, 5) is 10.4. The van der Waals surface area contributed by atoms with Crippen LogP contribution in [0.5, 0.6) is 0 Å². The van der Waals surface area contributed by atoms with Crippen molar-refractivity contribution < 1.29 is 209 Å². The van der Waals surface area contributed by atoms with Crippen LogP contribution in [0.3, 0.4) is 0 Å². The number of nitrogens with one attached hydrogen (secondary N) is 1. The van der Waals surface area contributed by atoms with Crippen molar-refractivity contribution in [2.45, 2.75) is 0 Å². The number of hydrogen-bond donors (Lipinski definition) is 0. The Hall–Kier alpha value is 6.31. The molecular formula is C5H2BrNOW10-2. The third-order valence-electron chi connectivity index (χ3n) is 0.537. The van der Waals surface area contributed by atoms with E-state index in [1.54, 1.807) is 0 Å². The van der Waals surface area contributed by atoms with Crippen molar-refractivity contribution in [3.05, 3.63) is 5.73 Å². The predicted octanol–water partition coefficient (Wildman–Crippen LogP) is -0.0976. The molecule has 0 bridgehead atoms. The van der Waals surface area contributed by atoms with E-state index in [4.69, 9.17) is 5.73 Å². The Labute approximate surface area is 246 Å². The Morgan fingerprint density at radius 2 is 1.28 bits per heavy atom. The molecule has 2 nitrogen and oxygen atoms in total. The summed E-state index contributed by atoms with van der Waals surface area (Å²) in [5.41, 5.74) is 6.74. The van der Waals surface area contributed by atoms with E-state index >= 15 is 0 Å². The van der Waals surface area contributed by atoms with Crippen molar-refractivity contribution >= 4 is 37.3 Å². The van der Waals surface area contributed by atoms with Crippen molar-refractivity contribution in [3.63, 3.8) is 0 Å². The van der Waals surface area contributed by atoms with E-state index in [-0.39, 0.29) is 126 Å². The van der Waals surface area contributed by atoms with Crippen molar-refractivity contribution in [2.75, 3.05) is 0 Å². The molecule has 0 heterocycles. The van der Waals surface area contributed by atoms with E-state index in [0.717, 1.165) is 23.3 Å². The third kappa shape index (κ3) is 38.1. The maximum absolute atomic E-state index is 10.4. The molecule has 0 radical (unpaired) electrons. The van der Waals surface area contributed by atoms with Crippen LogP contribution in [0.15, 0.2) is 0 Å². The van der Waals surface area contributed by atoms with Crippen LogP contribution in [0, 0.1) is 0 Å². The first-order chi connectivity index (χ1) is 5.51. The van der Waals surface area contributed by atoms with E-state index in [2.05, 4.69) is 19.2 Å². The molecule has 0 rings (SSSR count). The summed E-state index contributed by atoms with van der Waals surface area (Å²) in [5, 5.41) is 0. The van der Waals surface area contributed by atoms with Gasteiger partial charge in [0.2, 0.25) is 0 Å². The van der Waals surface area contributed by atoms with E-state index < -0.39 is 5.91 Å². The Morgan fingerprint density at radius 3 is 1.33 bits per heavy atom. The predicted molar refractivity (Wildman–Crippen MR) is 39.3 cm³/mol. The summed E-state index contributed by atoms with van der Waals surface area (Å²) in [6, 6.07) is 0. The average Bonchev–Trinajstić information content (AvgIpc) is 2.03. The fourth-order valence-corrected chi connectivity index (χ4v) is 2.30. The first-order valence-corrected chi connectivity index (χ1v) is 9.17. The molecule has 0 aliphatic rings. The first-order valence-electron chi connectivity index (χ1n) is 2.28. The van der Waals surface area contributed by atoms with Gasteiger partial charge in [0.25, 0.3) is 0 Å². The molecule has 1 N–H and O–H groups in total. The number of halogens is 1. The molecule has 0 spiro atoms. The third-order valence-corrected chi connectivity index (χ3v) is 8.34. The molecule has 0 saturated heterocycles. The Morgan fingerprint density at radius 1 is 1.06 bits per heavy atom. The molecule has 0 fully saturated rings. The molecule has 18 heavy (non-hydrogen) atoms. The van der Waals surface area contributed by atoms with E-state index in [1.807, 2.05) is 4.40 Å². The average molecular weight is 2010 g/mol. The van der Waals surface area contributed by atoms with Gasteiger partial charge in [-0.2, -0.15) is 0 Å². The summed E-state index contributed by atoms with van der Waals surface area (Å²) in [6.07, 6.45) is 0. The quantitative estimate of drug-likeness (QED) is 0.365. The normalized spacial score (nSPS) is 4.72. The zero-order valence-corrected chi connectivity index (χ0v) is 38.9. The second-order valence-electron chi connectivity index (χ2n) is 1.22. The minimum Gasteiger partial charge on any atom is 0 e. The second-order valence-corrected chi connectivity index (χ2v) is 8.32. The van der Waals surface area contributed by atoms with Crippen LogP contribution < -0.4 is 0 Å². The van der Waals surface area contributed by atoms with Crippen LogP contribution in [0.25, 0.3) is 5.73 Å². The number of carbonyl (C=O) groups is 1. The Balaban J connectivity index is -0.0000000170. The zero-order valence-electron chi connectivity index (χ0n) is 7.95. The van der Waals surface area contributed by atoms with E-state index in [0.29, 0.717) is 3.90 Å². The van der Waals surface area contributed by atoms with Crippen molar-refractivity contribution in [1.82, 2.24) is 0 Å². The summed E-state index contributed by atoms with van der Waals surface area (Å²) in [7, 11) is 0. The molecular weight excluding hydrogens is 2010 g/mol. The summed E-state index contributed by atoms with van der Waals surface area (Å²) < 4.78 is 6.32. The van der Waals surface area contributed by atoms with E-state index in [9.17, 15) is 4.79 Å². The van der Waals surface area contributed by atoms with Gasteiger partial charge in [-0.05, 0) is 0 Å². The molecule has 0 aromatic carbocycles. The fraction of sp³-hybridized carbons (Fsp3) is 0. The van der Waals surface area contributed by atoms with Gasteiger partial charge in [-0.15, -0.1) is 0 Å². The van der Waals surface area contributed by atoms with Gasteiger partial charge in [0, 0.05) is 126 Å². The molecule has 0 unspecified atom stereocenters. The molecule has 102 valence electrons. The number of hydrogen-bond acceptors (Lipinski definition) is 1. The number of carbonyl (C=O) groups excluding carboxylic acids is 1. The van der Waals surface area contributed by atoms with Gasteiger partial charge in [-0.3, -0.25) is 0 Å². The van der Waals surface area contributed by atoms with Crippen LogP contribution in [-0.2, 0) is 209 Å². The minimum atomic E-state index is -0.521. The van der Waals surface area contributed by atoms with Crippen LogP contribution >= 0.6 is 15.9 Å². The fourth-order valence-electron chi connectivity index (χ4n) is 0.165. The van der Waals surface area contributed by atoms with Gasteiger partial charge >= 0.3 is 125 Å². The smallest absolute Gasteiger partial charge is 0 e. The van der Waals surface area contributed by atoms with Crippen LogP contribution in [0.2, 0.25) is 0 Å². The van der Waals surface area contributed by atoms with Crippen LogP contribution in [-0.4, -0.2) is 21.4 Å². The minimum absolute atomic E-state index is 0. The van der Waals surface area contributed by atoms with Crippen molar-refractivity contribution in [2.24, 2.45) is 0 Å². The Kier molecular flexibility index (Phi) is 107. The van der Waals surface area contributed by atoms with Gasteiger partial charge in [-0.1, -0.05) is 0 Å². The van der Waals surface area contributed by atoms with Crippen molar-refractivity contribution in [1.29, 1.82) is 0 Å². The topological polar surface area (TPSA) is 40.9 Å². The summed E-state index contributed by atoms with van der Waals surface area (Å²) >= 11 is 8.00. The maximum atomic E-state index is 10.4. The standard InChI is InChI=1S/C4H3NO.CBr.10W/c1-2-3-4(5)6;1-2;;;;;;;;;;/h1H,(H2,5,6);;;;;;;;;;;/q;-1;;;;;;;;;;/p-1. The Bertz CT molecular complexity index is 234. The van der Waals surface area contributed by atoms with Crippen LogP contribution in [0.1, 0.15) is 0 Å². The first kappa shape index (κ1) is 49.7. The van der Waals surface area contributed by atoms with Gasteiger partial charge < -0.3 is 0 Å². The molecule has 13 heteroatoms. The van der Waals surface area contributed by atoms with Gasteiger partial charge in [0.1, 0.15) is 0 Å². The number of amides is 1. The second kappa shape index (κ2) is 38.7. The van der Waals surface area contributed by atoms with Gasteiger partial charge in [0.05, 0.1) is 0 Å². The van der Waals surface area contributed by atoms with Crippen molar-refractivity contribution in [3.8, 4) is 0 Å². The monoisotopic (exact) mass is 2010 g/mol. The SMILES string of the molecule is Br[C-]=[W].[NH-]C(=O)[C](=[W])[C](=[W])[CH]=[W].[W].[W].[W].[W].[W].[W]. The zero-order chi connectivity index (χ0) is 10.1. The van der Waals surface area contributed by atoms with E-state index in [1.165, 1.54) is 58.1 Å². The molecule has 0 aliphatic heterocycles. The molecule has 0 aromatic heterocycles.